The molecule has 2 saturated heterocycles. The van der Waals surface area contributed by atoms with Gasteiger partial charge in [-0.1, -0.05) is 13.8 Å². The van der Waals surface area contributed by atoms with Gasteiger partial charge >= 0.3 is 0 Å². The molecule has 1 aromatic rings. The Kier molecular flexibility index (Phi) is 5.50. The average molecular weight is 382 g/mol. The van der Waals surface area contributed by atoms with Crippen molar-refractivity contribution in [1.29, 1.82) is 0 Å². The molecule has 1 N–H and O–H groups in total. The number of piperazine rings is 1. The molecule has 26 heavy (non-hydrogen) atoms. The molecule has 0 bridgehead atoms. The second kappa shape index (κ2) is 7.50. The van der Waals surface area contributed by atoms with Crippen molar-refractivity contribution in [3.05, 3.63) is 33.7 Å². The van der Waals surface area contributed by atoms with E-state index in [1.165, 1.54) is 14.7 Å². The first-order chi connectivity index (χ1) is 12.3. The summed E-state index contributed by atoms with van der Waals surface area (Å²) in [5.41, 5.74) is 0.872. The molecule has 144 valence electrons. The predicted molar refractivity (Wildman–Crippen MR) is 98.4 cm³/mol. The van der Waals surface area contributed by atoms with Crippen LogP contribution in [-0.2, 0) is 10.2 Å². The molecule has 3 heterocycles. The molecule has 1 amide bonds. The number of aromatic nitrogens is 1. The van der Waals surface area contributed by atoms with Gasteiger partial charge in [0.05, 0.1) is 5.56 Å². The number of H-pyrrole nitrogens is 1. The molecule has 0 aliphatic carbocycles. The van der Waals surface area contributed by atoms with Crippen molar-refractivity contribution in [3.63, 3.8) is 0 Å². The number of amides is 1. The Balaban J connectivity index is 1.70. The molecule has 9 heteroatoms. The van der Waals surface area contributed by atoms with Crippen molar-refractivity contribution in [3.8, 4) is 0 Å². The number of hydrogen-bond acceptors (Lipinski definition) is 4. The number of carbonyl (C=O) groups excluding carboxylic acids is 1. The maximum atomic E-state index is 12.9. The highest BCUT2D eigenvalue weighted by Crippen LogP contribution is 2.21. The Labute approximate surface area is 154 Å². The fraction of sp³-hybridized carbons (Fsp3) is 0.647. The largest absolute Gasteiger partial charge is 0.336 e. The average Bonchev–Trinajstić information content (AvgIpc) is 3.16. The molecule has 0 radical (unpaired) electrons. The fourth-order valence-electron chi connectivity index (χ4n) is 3.51. The van der Waals surface area contributed by atoms with Crippen LogP contribution in [0.4, 0.5) is 0 Å². The third-order valence-electron chi connectivity index (χ3n) is 5.00. The van der Waals surface area contributed by atoms with E-state index >= 15 is 0 Å². The Morgan fingerprint density at radius 3 is 2.15 bits per heavy atom. The summed E-state index contributed by atoms with van der Waals surface area (Å²) in [7, 11) is -3.42. The van der Waals surface area contributed by atoms with Gasteiger partial charge < -0.3 is 9.88 Å². The van der Waals surface area contributed by atoms with Crippen LogP contribution in [0.3, 0.4) is 0 Å². The van der Waals surface area contributed by atoms with Gasteiger partial charge in [0.25, 0.3) is 16.1 Å². The summed E-state index contributed by atoms with van der Waals surface area (Å²) in [4.78, 5) is 28.9. The van der Waals surface area contributed by atoms with E-state index in [4.69, 9.17) is 0 Å². The summed E-state index contributed by atoms with van der Waals surface area (Å²) in [6.07, 6.45) is 1.81. The zero-order chi connectivity index (χ0) is 18.9. The minimum atomic E-state index is -3.42. The Hall–Kier alpha value is -1.71. The Morgan fingerprint density at radius 2 is 1.58 bits per heavy atom. The summed E-state index contributed by atoms with van der Waals surface area (Å²) in [6.45, 7) is 6.29. The third kappa shape index (κ3) is 3.70. The zero-order valence-electron chi connectivity index (χ0n) is 15.3. The molecule has 0 saturated carbocycles. The molecule has 2 fully saturated rings. The molecule has 2 aliphatic heterocycles. The molecule has 8 nitrogen and oxygen atoms in total. The van der Waals surface area contributed by atoms with Crippen LogP contribution in [0.25, 0.3) is 0 Å². The minimum Gasteiger partial charge on any atom is -0.336 e. The standard InChI is InChI=1S/C17H26N4O4S/c1-13(2)16-14(5-6-15(22)18-16)17(23)19-9-11-21(12-10-19)26(24,25)20-7-3-4-8-20/h5-6,13H,3-4,7-12H2,1-2H3,(H,18,22). The lowest BCUT2D eigenvalue weighted by atomic mass is 10.0. The molecule has 0 atom stereocenters. The number of nitrogens with zero attached hydrogens (tertiary/aromatic N) is 3. The number of nitrogens with one attached hydrogen (secondary N) is 1. The van der Waals surface area contributed by atoms with E-state index < -0.39 is 10.2 Å². The third-order valence-corrected chi connectivity index (χ3v) is 7.04. The number of hydrogen-bond donors (Lipinski definition) is 1. The molecule has 0 unspecified atom stereocenters. The fourth-order valence-corrected chi connectivity index (χ4v) is 5.18. The predicted octanol–water partition coefficient (Wildman–Crippen LogP) is 0.597. The van der Waals surface area contributed by atoms with Crippen molar-refractivity contribution >= 4 is 16.1 Å². The first-order valence-electron chi connectivity index (χ1n) is 9.08. The second-order valence-electron chi connectivity index (χ2n) is 7.11. The summed E-state index contributed by atoms with van der Waals surface area (Å²) in [6, 6.07) is 2.91. The van der Waals surface area contributed by atoms with E-state index in [0.29, 0.717) is 50.5 Å². The lowest BCUT2D eigenvalue weighted by molar-refractivity contribution is 0.0692. The maximum Gasteiger partial charge on any atom is 0.282 e. The normalized spacial score (nSPS) is 20.0. The van der Waals surface area contributed by atoms with E-state index in [1.54, 1.807) is 11.0 Å². The summed E-state index contributed by atoms with van der Waals surface area (Å²) < 4.78 is 28.2. The molecule has 2 aliphatic rings. The van der Waals surface area contributed by atoms with Gasteiger partial charge in [-0.15, -0.1) is 0 Å². The van der Waals surface area contributed by atoms with E-state index in [2.05, 4.69) is 4.98 Å². The summed E-state index contributed by atoms with van der Waals surface area (Å²) in [5, 5.41) is 0. The van der Waals surface area contributed by atoms with E-state index in [0.717, 1.165) is 12.8 Å². The van der Waals surface area contributed by atoms with Gasteiger partial charge in [0.15, 0.2) is 0 Å². The maximum absolute atomic E-state index is 12.9. The molecule has 3 rings (SSSR count). The van der Waals surface area contributed by atoms with Crippen LogP contribution in [-0.4, -0.2) is 72.1 Å². The topological polar surface area (TPSA) is 93.8 Å². The molecule has 0 aromatic carbocycles. The highest BCUT2D eigenvalue weighted by molar-refractivity contribution is 7.86. The monoisotopic (exact) mass is 382 g/mol. The van der Waals surface area contributed by atoms with Crippen LogP contribution in [0.5, 0.6) is 0 Å². The molecular weight excluding hydrogens is 356 g/mol. The van der Waals surface area contributed by atoms with Crippen molar-refractivity contribution in [2.45, 2.75) is 32.6 Å². The van der Waals surface area contributed by atoms with Gasteiger partial charge in [-0.2, -0.15) is 17.0 Å². The van der Waals surface area contributed by atoms with Crippen LogP contribution in [0.1, 0.15) is 48.7 Å². The van der Waals surface area contributed by atoms with Gasteiger partial charge in [-0.25, -0.2) is 0 Å². The quantitative estimate of drug-likeness (QED) is 0.825. The van der Waals surface area contributed by atoms with Gasteiger partial charge in [-0.3, -0.25) is 9.59 Å². The van der Waals surface area contributed by atoms with Gasteiger partial charge in [0.2, 0.25) is 5.56 Å². The van der Waals surface area contributed by atoms with Crippen LogP contribution >= 0.6 is 0 Å². The van der Waals surface area contributed by atoms with E-state index in [1.807, 2.05) is 13.8 Å². The van der Waals surface area contributed by atoms with E-state index in [-0.39, 0.29) is 17.4 Å². The number of carbonyl (C=O) groups is 1. The summed E-state index contributed by atoms with van der Waals surface area (Å²) in [5.74, 6) is -0.150. The molecule has 0 spiro atoms. The molecular formula is C17H26N4O4S. The minimum absolute atomic E-state index is 0.0136. The Bertz CT molecular complexity index is 819. The number of rotatable bonds is 4. The SMILES string of the molecule is CC(C)c1[nH]c(=O)ccc1C(=O)N1CCN(S(=O)(=O)N2CCCC2)CC1. The van der Waals surface area contributed by atoms with Crippen LogP contribution in [0, 0.1) is 0 Å². The Morgan fingerprint density at radius 1 is 1.00 bits per heavy atom. The summed E-state index contributed by atoms with van der Waals surface area (Å²) >= 11 is 0. The van der Waals surface area contributed by atoms with Crippen molar-refractivity contribution < 1.29 is 13.2 Å². The first kappa shape index (κ1) is 19.1. The van der Waals surface area contributed by atoms with Crippen LogP contribution in [0.2, 0.25) is 0 Å². The number of pyridine rings is 1. The van der Waals surface area contributed by atoms with Crippen LogP contribution < -0.4 is 5.56 Å². The number of aromatic amines is 1. The highest BCUT2D eigenvalue weighted by atomic mass is 32.2. The zero-order valence-corrected chi connectivity index (χ0v) is 16.1. The van der Waals surface area contributed by atoms with E-state index in [9.17, 15) is 18.0 Å². The first-order valence-corrected chi connectivity index (χ1v) is 10.5. The van der Waals surface area contributed by atoms with Gasteiger partial charge in [0, 0.05) is 51.0 Å². The highest BCUT2D eigenvalue weighted by Gasteiger charge is 2.35. The van der Waals surface area contributed by atoms with Crippen molar-refractivity contribution in [2.24, 2.45) is 0 Å². The van der Waals surface area contributed by atoms with Crippen molar-refractivity contribution in [2.75, 3.05) is 39.3 Å². The lowest BCUT2D eigenvalue weighted by Gasteiger charge is -2.36. The van der Waals surface area contributed by atoms with Crippen LogP contribution in [0.15, 0.2) is 16.9 Å². The van der Waals surface area contributed by atoms with Gasteiger partial charge in [-0.05, 0) is 24.8 Å². The second-order valence-corrected chi connectivity index (χ2v) is 9.04. The smallest absolute Gasteiger partial charge is 0.282 e. The van der Waals surface area contributed by atoms with Gasteiger partial charge in [0.1, 0.15) is 0 Å². The lowest BCUT2D eigenvalue weighted by Crippen LogP contribution is -2.53. The molecule has 1 aromatic heterocycles. The van der Waals surface area contributed by atoms with Crippen molar-refractivity contribution in [1.82, 2.24) is 18.5 Å².